The summed E-state index contributed by atoms with van der Waals surface area (Å²) in [5.41, 5.74) is 1.58. The molecule has 0 atom stereocenters. The van der Waals surface area contributed by atoms with Gasteiger partial charge in [-0.2, -0.15) is 0 Å². The number of hydrogen-bond acceptors (Lipinski definition) is 4. The molecule has 4 heteroatoms. The third kappa shape index (κ3) is 4.75. The van der Waals surface area contributed by atoms with E-state index in [1.165, 1.54) is 0 Å². The Kier molecular flexibility index (Phi) is 6.22. The normalized spacial score (nSPS) is 11.9. The van der Waals surface area contributed by atoms with Crippen molar-refractivity contribution in [1.29, 1.82) is 0 Å². The van der Waals surface area contributed by atoms with E-state index in [0.29, 0.717) is 25.3 Å². The van der Waals surface area contributed by atoms with Crippen LogP contribution >= 0.6 is 0 Å². The first-order valence-corrected chi connectivity index (χ1v) is 6.23. The summed E-state index contributed by atoms with van der Waals surface area (Å²) < 4.78 is 10.9. The van der Waals surface area contributed by atoms with Gasteiger partial charge in [-0.15, -0.1) is 0 Å². The quantitative estimate of drug-likeness (QED) is 0.350. The minimum Gasteiger partial charge on any atom is -0.491 e. The Morgan fingerprint density at radius 3 is 2.39 bits per heavy atom. The van der Waals surface area contributed by atoms with E-state index in [0.717, 1.165) is 11.3 Å². The van der Waals surface area contributed by atoms with Crippen molar-refractivity contribution < 1.29 is 14.7 Å². The standard InChI is InChI=1S/C14H21NO3/c1-4-14(15-16)12-5-7-13(8-6-12)18-10-9-17-11(2)3/h5-8,11,16H,4,9-10H2,1-3H3/b15-14-. The lowest BCUT2D eigenvalue weighted by Crippen LogP contribution is -2.11. The fourth-order valence-corrected chi connectivity index (χ4v) is 1.52. The Labute approximate surface area is 108 Å². The van der Waals surface area contributed by atoms with Crippen molar-refractivity contribution in [2.75, 3.05) is 13.2 Å². The molecule has 0 aliphatic heterocycles. The second kappa shape index (κ2) is 7.71. The lowest BCUT2D eigenvalue weighted by atomic mass is 10.1. The first-order valence-electron chi connectivity index (χ1n) is 6.23. The van der Waals surface area contributed by atoms with Gasteiger partial charge in [0.05, 0.1) is 18.4 Å². The van der Waals surface area contributed by atoms with Crippen LogP contribution < -0.4 is 4.74 Å². The van der Waals surface area contributed by atoms with Gasteiger partial charge in [-0.05, 0) is 50.1 Å². The highest BCUT2D eigenvalue weighted by Crippen LogP contribution is 2.13. The predicted molar refractivity (Wildman–Crippen MR) is 71.6 cm³/mol. The molecule has 0 heterocycles. The van der Waals surface area contributed by atoms with Gasteiger partial charge < -0.3 is 14.7 Å². The molecule has 1 N–H and O–H groups in total. The van der Waals surface area contributed by atoms with Crippen molar-refractivity contribution in [3.05, 3.63) is 29.8 Å². The van der Waals surface area contributed by atoms with Crippen LogP contribution in [0, 0.1) is 0 Å². The Morgan fingerprint density at radius 2 is 1.89 bits per heavy atom. The molecule has 0 spiro atoms. The topological polar surface area (TPSA) is 51.1 Å². The summed E-state index contributed by atoms with van der Waals surface area (Å²) in [6.45, 7) is 7.05. The van der Waals surface area contributed by atoms with Gasteiger partial charge in [0.25, 0.3) is 0 Å². The molecule has 0 saturated heterocycles. The van der Waals surface area contributed by atoms with Gasteiger partial charge in [-0.25, -0.2) is 0 Å². The number of benzene rings is 1. The summed E-state index contributed by atoms with van der Waals surface area (Å²) in [4.78, 5) is 0. The van der Waals surface area contributed by atoms with Crippen LogP contribution in [-0.4, -0.2) is 30.2 Å². The summed E-state index contributed by atoms with van der Waals surface area (Å²) in [7, 11) is 0. The largest absolute Gasteiger partial charge is 0.491 e. The molecular weight excluding hydrogens is 230 g/mol. The number of nitrogens with zero attached hydrogens (tertiary/aromatic N) is 1. The van der Waals surface area contributed by atoms with E-state index < -0.39 is 0 Å². The van der Waals surface area contributed by atoms with Crippen LogP contribution in [0.1, 0.15) is 32.8 Å². The number of ether oxygens (including phenoxy) is 2. The predicted octanol–water partition coefficient (Wildman–Crippen LogP) is 3.08. The van der Waals surface area contributed by atoms with Crippen LogP contribution in [0.15, 0.2) is 29.4 Å². The fraction of sp³-hybridized carbons (Fsp3) is 0.500. The molecule has 0 radical (unpaired) electrons. The van der Waals surface area contributed by atoms with Gasteiger partial charge in [0.2, 0.25) is 0 Å². The summed E-state index contributed by atoms with van der Waals surface area (Å²) >= 11 is 0. The molecule has 0 unspecified atom stereocenters. The highest BCUT2D eigenvalue weighted by molar-refractivity contribution is 6.00. The monoisotopic (exact) mass is 251 g/mol. The Balaban J connectivity index is 2.45. The van der Waals surface area contributed by atoms with Gasteiger partial charge in [0.15, 0.2) is 0 Å². The molecule has 4 nitrogen and oxygen atoms in total. The molecule has 1 rings (SSSR count). The van der Waals surface area contributed by atoms with Crippen LogP contribution in [0.4, 0.5) is 0 Å². The van der Waals surface area contributed by atoms with Gasteiger partial charge in [-0.3, -0.25) is 0 Å². The Bertz CT molecular complexity index is 371. The zero-order chi connectivity index (χ0) is 13.4. The van der Waals surface area contributed by atoms with Crippen LogP contribution in [0.3, 0.4) is 0 Å². The van der Waals surface area contributed by atoms with E-state index in [1.807, 2.05) is 45.0 Å². The number of rotatable bonds is 7. The zero-order valence-electron chi connectivity index (χ0n) is 11.2. The fourth-order valence-electron chi connectivity index (χ4n) is 1.52. The summed E-state index contributed by atoms with van der Waals surface area (Å²) in [5, 5.41) is 12.1. The molecule has 0 aliphatic rings. The van der Waals surface area contributed by atoms with Gasteiger partial charge in [0.1, 0.15) is 12.4 Å². The van der Waals surface area contributed by atoms with Gasteiger partial charge >= 0.3 is 0 Å². The average molecular weight is 251 g/mol. The number of oxime groups is 1. The van der Waals surface area contributed by atoms with E-state index in [-0.39, 0.29) is 6.10 Å². The van der Waals surface area contributed by atoms with Crippen LogP contribution in [0.5, 0.6) is 5.75 Å². The van der Waals surface area contributed by atoms with E-state index in [1.54, 1.807) is 0 Å². The van der Waals surface area contributed by atoms with Crippen molar-refractivity contribution in [2.24, 2.45) is 5.16 Å². The van der Waals surface area contributed by atoms with Crippen molar-refractivity contribution in [2.45, 2.75) is 33.3 Å². The maximum Gasteiger partial charge on any atom is 0.119 e. The summed E-state index contributed by atoms with van der Waals surface area (Å²) in [6, 6.07) is 7.51. The summed E-state index contributed by atoms with van der Waals surface area (Å²) in [6.07, 6.45) is 0.919. The van der Waals surface area contributed by atoms with E-state index >= 15 is 0 Å². The maximum absolute atomic E-state index is 8.81. The molecule has 0 aromatic heterocycles. The average Bonchev–Trinajstić information content (AvgIpc) is 2.37. The minimum absolute atomic E-state index is 0.226. The van der Waals surface area contributed by atoms with Crippen LogP contribution in [-0.2, 0) is 4.74 Å². The molecule has 0 amide bonds. The SMILES string of the molecule is CC/C(=N/O)c1ccc(OCCOC(C)C)cc1. The Hall–Kier alpha value is -1.55. The van der Waals surface area contributed by atoms with Gasteiger partial charge in [-0.1, -0.05) is 12.1 Å². The first-order chi connectivity index (χ1) is 8.67. The molecule has 18 heavy (non-hydrogen) atoms. The first kappa shape index (κ1) is 14.5. The highest BCUT2D eigenvalue weighted by atomic mass is 16.5. The highest BCUT2D eigenvalue weighted by Gasteiger charge is 2.02. The molecule has 0 bridgehead atoms. The van der Waals surface area contributed by atoms with Crippen molar-refractivity contribution in [1.82, 2.24) is 0 Å². The minimum atomic E-state index is 0.226. The second-order valence-electron chi connectivity index (χ2n) is 4.19. The molecule has 1 aromatic rings. The molecule has 0 fully saturated rings. The molecule has 100 valence electrons. The second-order valence-corrected chi connectivity index (χ2v) is 4.19. The molecule has 0 aliphatic carbocycles. The lowest BCUT2D eigenvalue weighted by Gasteiger charge is -2.09. The lowest BCUT2D eigenvalue weighted by molar-refractivity contribution is 0.0553. The van der Waals surface area contributed by atoms with E-state index in [9.17, 15) is 0 Å². The van der Waals surface area contributed by atoms with Crippen molar-refractivity contribution >= 4 is 5.71 Å². The molecular formula is C14H21NO3. The van der Waals surface area contributed by atoms with E-state index in [4.69, 9.17) is 14.7 Å². The summed E-state index contributed by atoms with van der Waals surface area (Å²) in [5.74, 6) is 0.791. The maximum atomic E-state index is 8.81. The molecule has 1 aromatic carbocycles. The zero-order valence-corrected chi connectivity index (χ0v) is 11.2. The van der Waals surface area contributed by atoms with E-state index in [2.05, 4.69) is 5.16 Å². The third-order valence-electron chi connectivity index (χ3n) is 2.45. The smallest absolute Gasteiger partial charge is 0.119 e. The van der Waals surface area contributed by atoms with Crippen LogP contribution in [0.25, 0.3) is 0 Å². The van der Waals surface area contributed by atoms with Crippen molar-refractivity contribution in [3.8, 4) is 5.75 Å². The van der Waals surface area contributed by atoms with Crippen molar-refractivity contribution in [3.63, 3.8) is 0 Å². The van der Waals surface area contributed by atoms with Crippen LogP contribution in [0.2, 0.25) is 0 Å². The molecule has 0 saturated carbocycles. The Morgan fingerprint density at radius 1 is 1.22 bits per heavy atom. The van der Waals surface area contributed by atoms with Gasteiger partial charge in [0, 0.05) is 0 Å². The third-order valence-corrected chi connectivity index (χ3v) is 2.45. The number of hydrogen-bond donors (Lipinski definition) is 1.